The molecule has 1 aliphatic rings. The minimum atomic E-state index is -4.17. The van der Waals surface area contributed by atoms with Gasteiger partial charge in [0.1, 0.15) is 17.3 Å². The van der Waals surface area contributed by atoms with Gasteiger partial charge in [0.25, 0.3) is 15.7 Å². The summed E-state index contributed by atoms with van der Waals surface area (Å²) in [7, 11) is -6.31. The molecular formula is C22H19FN4O7S2. The van der Waals surface area contributed by atoms with Gasteiger partial charge in [0.2, 0.25) is 0 Å². The Labute approximate surface area is 205 Å². The van der Waals surface area contributed by atoms with Crippen molar-refractivity contribution in [1.29, 1.82) is 0 Å². The molecule has 0 amide bonds. The molecule has 0 saturated carbocycles. The molecule has 1 heterocycles. The standard InChI is InChI=1S/C22H19FN4O7S2/c1-34-16-5-3-15(4-6-16)26-36(32,33)17-7-8-20(21(13-17)27(28)29)25-24-19-10-11-35(30,31)22-9-2-14(23)12-18(19)22/h2-9,12-13,25-26H,10-11H2,1H3/b24-19-. The van der Waals surface area contributed by atoms with E-state index in [1.165, 1.54) is 19.2 Å². The number of sulfonamides is 1. The van der Waals surface area contributed by atoms with Gasteiger partial charge >= 0.3 is 0 Å². The molecule has 0 spiro atoms. The molecule has 0 bridgehead atoms. The number of benzene rings is 3. The number of fused-ring (bicyclic) bond motifs is 1. The molecule has 188 valence electrons. The van der Waals surface area contributed by atoms with Crippen molar-refractivity contribution in [3.8, 4) is 5.75 Å². The Morgan fingerprint density at radius 2 is 1.81 bits per heavy atom. The van der Waals surface area contributed by atoms with E-state index in [4.69, 9.17) is 4.74 Å². The average Bonchev–Trinajstić information content (AvgIpc) is 2.83. The molecular weight excluding hydrogens is 515 g/mol. The van der Waals surface area contributed by atoms with E-state index in [1.807, 2.05) is 0 Å². The fraction of sp³-hybridized carbons (Fsp3) is 0.136. The number of nitrogens with zero attached hydrogens (tertiary/aromatic N) is 2. The number of halogens is 1. The minimum Gasteiger partial charge on any atom is -0.497 e. The van der Waals surface area contributed by atoms with Gasteiger partial charge in [-0.15, -0.1) is 0 Å². The van der Waals surface area contributed by atoms with Crippen LogP contribution >= 0.6 is 0 Å². The van der Waals surface area contributed by atoms with Gasteiger partial charge in [0, 0.05) is 23.7 Å². The third-order valence-corrected chi connectivity index (χ3v) is 8.47. The lowest BCUT2D eigenvalue weighted by atomic mass is 10.1. The normalized spacial score (nSPS) is 15.7. The summed E-state index contributed by atoms with van der Waals surface area (Å²) in [6, 6.07) is 12.4. The summed E-state index contributed by atoms with van der Waals surface area (Å²) >= 11 is 0. The predicted molar refractivity (Wildman–Crippen MR) is 130 cm³/mol. The quantitative estimate of drug-likeness (QED) is 0.265. The first kappa shape index (κ1) is 25.1. The van der Waals surface area contributed by atoms with E-state index in [2.05, 4.69) is 15.2 Å². The van der Waals surface area contributed by atoms with Crippen LogP contribution in [0.1, 0.15) is 12.0 Å². The first-order chi connectivity index (χ1) is 17.0. The number of hydrazone groups is 1. The number of nitro groups is 1. The Morgan fingerprint density at radius 1 is 1.08 bits per heavy atom. The van der Waals surface area contributed by atoms with E-state index in [1.54, 1.807) is 12.1 Å². The van der Waals surface area contributed by atoms with Gasteiger partial charge in [-0.3, -0.25) is 20.3 Å². The molecule has 0 radical (unpaired) electrons. The number of ether oxygens (including phenoxy) is 1. The highest BCUT2D eigenvalue weighted by Gasteiger charge is 2.28. The molecule has 0 fully saturated rings. The van der Waals surface area contributed by atoms with Gasteiger partial charge in [-0.1, -0.05) is 0 Å². The number of rotatable bonds is 7. The SMILES string of the molecule is COc1ccc(NS(=O)(=O)c2ccc(N/N=C3/CCS(=O)(=O)c4ccc(F)cc43)c([N+](=O)[O-])c2)cc1. The Balaban J connectivity index is 1.64. The van der Waals surface area contributed by atoms with E-state index in [9.17, 15) is 31.3 Å². The monoisotopic (exact) mass is 534 g/mol. The van der Waals surface area contributed by atoms with Crippen molar-refractivity contribution in [3.05, 3.63) is 82.2 Å². The van der Waals surface area contributed by atoms with Crippen LogP contribution in [0.15, 0.2) is 75.6 Å². The molecule has 0 unspecified atom stereocenters. The molecule has 0 saturated heterocycles. The van der Waals surface area contributed by atoms with E-state index in [0.717, 1.165) is 36.4 Å². The molecule has 3 aromatic carbocycles. The summed E-state index contributed by atoms with van der Waals surface area (Å²) in [4.78, 5) is 10.4. The maximum absolute atomic E-state index is 13.8. The van der Waals surface area contributed by atoms with Crippen LogP contribution in [-0.2, 0) is 19.9 Å². The Hall–Kier alpha value is -4.04. The number of sulfone groups is 1. The molecule has 1 aliphatic heterocycles. The van der Waals surface area contributed by atoms with Crippen molar-refractivity contribution in [3.63, 3.8) is 0 Å². The van der Waals surface area contributed by atoms with Crippen molar-refractivity contribution >= 4 is 42.6 Å². The highest BCUT2D eigenvalue weighted by molar-refractivity contribution is 7.92. The molecule has 0 atom stereocenters. The second-order valence-corrected chi connectivity index (χ2v) is 11.4. The molecule has 14 heteroatoms. The summed E-state index contributed by atoms with van der Waals surface area (Å²) in [6.07, 6.45) is -0.0438. The number of hydrogen-bond donors (Lipinski definition) is 2. The van der Waals surface area contributed by atoms with E-state index < -0.39 is 36.3 Å². The smallest absolute Gasteiger partial charge is 0.295 e. The van der Waals surface area contributed by atoms with Gasteiger partial charge in [-0.25, -0.2) is 21.2 Å². The summed E-state index contributed by atoms with van der Waals surface area (Å²) in [5.74, 6) is -0.405. The van der Waals surface area contributed by atoms with Crippen molar-refractivity contribution in [2.45, 2.75) is 16.2 Å². The second kappa shape index (κ2) is 9.54. The van der Waals surface area contributed by atoms with E-state index >= 15 is 0 Å². The van der Waals surface area contributed by atoms with Crippen molar-refractivity contribution in [2.75, 3.05) is 23.0 Å². The van der Waals surface area contributed by atoms with Crippen molar-refractivity contribution in [2.24, 2.45) is 5.10 Å². The Bertz CT molecular complexity index is 1590. The summed E-state index contributed by atoms with van der Waals surface area (Å²) in [5.41, 5.74) is 2.24. The third-order valence-electron chi connectivity index (χ3n) is 5.32. The van der Waals surface area contributed by atoms with Crippen LogP contribution in [0.4, 0.5) is 21.5 Å². The maximum atomic E-state index is 13.8. The van der Waals surface area contributed by atoms with Gasteiger partial charge in [-0.2, -0.15) is 5.10 Å². The van der Waals surface area contributed by atoms with Crippen LogP contribution in [0.3, 0.4) is 0 Å². The molecule has 36 heavy (non-hydrogen) atoms. The van der Waals surface area contributed by atoms with E-state index in [-0.39, 0.29) is 44.6 Å². The maximum Gasteiger partial charge on any atom is 0.295 e. The molecule has 0 aromatic heterocycles. The first-order valence-electron chi connectivity index (χ1n) is 10.3. The van der Waals surface area contributed by atoms with Crippen LogP contribution in [0, 0.1) is 15.9 Å². The Morgan fingerprint density at radius 3 is 2.47 bits per heavy atom. The molecule has 4 rings (SSSR count). The lowest BCUT2D eigenvalue weighted by Crippen LogP contribution is -2.23. The summed E-state index contributed by atoms with van der Waals surface area (Å²) in [5, 5.41) is 15.7. The summed E-state index contributed by atoms with van der Waals surface area (Å²) in [6.45, 7) is 0. The van der Waals surface area contributed by atoms with Crippen molar-refractivity contribution < 1.29 is 30.9 Å². The fourth-order valence-electron chi connectivity index (χ4n) is 3.52. The highest BCUT2D eigenvalue weighted by Crippen LogP contribution is 2.30. The zero-order valence-corrected chi connectivity index (χ0v) is 20.3. The Kier molecular flexibility index (Phi) is 6.65. The zero-order valence-electron chi connectivity index (χ0n) is 18.6. The number of nitro benzene ring substituents is 1. The zero-order chi connectivity index (χ0) is 26.1. The summed E-state index contributed by atoms with van der Waals surface area (Å²) < 4.78 is 71.2. The highest BCUT2D eigenvalue weighted by atomic mass is 32.2. The number of methoxy groups -OCH3 is 1. The van der Waals surface area contributed by atoms with Gasteiger partial charge in [-0.05, 0) is 54.6 Å². The first-order valence-corrected chi connectivity index (χ1v) is 13.4. The minimum absolute atomic E-state index is 0.0438. The largest absolute Gasteiger partial charge is 0.497 e. The number of anilines is 2. The number of hydrogen-bond acceptors (Lipinski definition) is 9. The van der Waals surface area contributed by atoms with Gasteiger partial charge < -0.3 is 4.74 Å². The lowest BCUT2D eigenvalue weighted by Gasteiger charge is -2.18. The molecule has 3 aromatic rings. The van der Waals surface area contributed by atoms with Crippen LogP contribution in [-0.4, -0.2) is 40.3 Å². The fourth-order valence-corrected chi connectivity index (χ4v) is 6.06. The van der Waals surface area contributed by atoms with Crippen LogP contribution in [0.25, 0.3) is 0 Å². The molecule has 11 nitrogen and oxygen atoms in total. The topological polar surface area (TPSA) is 157 Å². The van der Waals surface area contributed by atoms with Crippen LogP contribution in [0.2, 0.25) is 0 Å². The predicted octanol–water partition coefficient (Wildman–Crippen LogP) is 3.54. The lowest BCUT2D eigenvalue weighted by molar-refractivity contribution is -0.384. The molecule has 0 aliphatic carbocycles. The second-order valence-electron chi connectivity index (χ2n) is 7.65. The van der Waals surface area contributed by atoms with Gasteiger partial charge in [0.15, 0.2) is 9.84 Å². The number of nitrogens with one attached hydrogen (secondary N) is 2. The van der Waals surface area contributed by atoms with Crippen LogP contribution < -0.4 is 14.9 Å². The van der Waals surface area contributed by atoms with Crippen molar-refractivity contribution in [1.82, 2.24) is 0 Å². The van der Waals surface area contributed by atoms with E-state index in [0.29, 0.717) is 5.75 Å². The molecule has 2 N–H and O–H groups in total. The third kappa shape index (κ3) is 5.13. The van der Waals surface area contributed by atoms with Crippen LogP contribution in [0.5, 0.6) is 5.75 Å². The van der Waals surface area contributed by atoms with Gasteiger partial charge in [0.05, 0.1) is 33.3 Å². The average molecular weight is 535 g/mol.